The number of carbonyl (C=O) groups is 2. The van der Waals surface area contributed by atoms with E-state index in [0.29, 0.717) is 5.69 Å². The van der Waals surface area contributed by atoms with Gasteiger partial charge in [0.1, 0.15) is 0 Å². The molecule has 0 saturated heterocycles. The summed E-state index contributed by atoms with van der Waals surface area (Å²) in [6.45, 7) is 4.28. The summed E-state index contributed by atoms with van der Waals surface area (Å²) in [6.07, 6.45) is -3.07. The third-order valence-electron chi connectivity index (χ3n) is 8.29. The number of hydrogen-bond donors (Lipinski definition) is 3. The summed E-state index contributed by atoms with van der Waals surface area (Å²) in [4.78, 5) is 28.8. The highest BCUT2D eigenvalue weighted by Gasteiger charge is 2.73. The maximum absolute atomic E-state index is 14.1. The fourth-order valence-electron chi connectivity index (χ4n) is 6.53. The van der Waals surface area contributed by atoms with Crippen molar-refractivity contribution < 1.29 is 27.9 Å². The molecule has 3 N–H and O–H groups in total. The maximum Gasteiger partial charge on any atom is 0.414 e. The van der Waals surface area contributed by atoms with Gasteiger partial charge in [-0.1, -0.05) is 38.1 Å². The zero-order valence-electron chi connectivity index (χ0n) is 20.3. The van der Waals surface area contributed by atoms with E-state index >= 15 is 0 Å². The molecule has 6 rings (SSSR count). The van der Waals surface area contributed by atoms with Crippen molar-refractivity contribution in [2.75, 3.05) is 12.4 Å². The van der Waals surface area contributed by atoms with Crippen LogP contribution in [0.3, 0.4) is 0 Å². The van der Waals surface area contributed by atoms with Crippen LogP contribution in [0.1, 0.15) is 56.0 Å². The van der Waals surface area contributed by atoms with Crippen LogP contribution >= 0.6 is 0 Å². The van der Waals surface area contributed by atoms with Crippen LogP contribution in [0.2, 0.25) is 0 Å². The first-order valence-corrected chi connectivity index (χ1v) is 11.9. The van der Waals surface area contributed by atoms with Gasteiger partial charge in [-0.05, 0) is 48.9 Å². The van der Waals surface area contributed by atoms with E-state index in [2.05, 4.69) is 41.6 Å². The van der Waals surface area contributed by atoms with Gasteiger partial charge in [-0.15, -0.1) is 0 Å². The Balaban J connectivity index is 1.30. The number of carbonyl (C=O) groups excluding carboxylic acids is 1. The minimum absolute atomic E-state index is 0.0567. The first kappa shape index (κ1) is 24.4. The number of fused-ring (bicyclic) bond motifs is 1. The number of carboxylic acid groups (broad SMARTS) is 1. The Morgan fingerprint density at radius 3 is 2.36 bits per heavy atom. The summed E-state index contributed by atoms with van der Waals surface area (Å²) in [6, 6.07) is 8.95. The molecule has 2 aromatic rings. The smallest absolute Gasteiger partial charge is 0.414 e. The first-order valence-electron chi connectivity index (χ1n) is 11.9. The molecular weight excluding hydrogens is 473 g/mol. The minimum atomic E-state index is -4.72. The van der Waals surface area contributed by atoms with E-state index < -0.39 is 35.2 Å². The molecule has 36 heavy (non-hydrogen) atoms. The molecule has 10 heteroatoms. The van der Waals surface area contributed by atoms with E-state index in [0.717, 1.165) is 18.4 Å². The number of aromatic nitrogens is 1. The Morgan fingerprint density at radius 1 is 1.14 bits per heavy atom. The molecule has 0 radical (unpaired) electrons. The lowest BCUT2D eigenvalue weighted by Crippen LogP contribution is -2.78. The van der Waals surface area contributed by atoms with Gasteiger partial charge in [0.2, 0.25) is 5.91 Å². The minimum Gasteiger partial charge on any atom is -0.465 e. The van der Waals surface area contributed by atoms with Crippen LogP contribution in [-0.4, -0.2) is 51.8 Å². The molecule has 3 saturated carbocycles. The molecule has 4 aliphatic rings. The van der Waals surface area contributed by atoms with E-state index in [1.165, 1.54) is 23.4 Å². The van der Waals surface area contributed by atoms with Crippen LogP contribution in [0.15, 0.2) is 42.6 Å². The number of halogens is 3. The van der Waals surface area contributed by atoms with Crippen molar-refractivity contribution in [3.63, 3.8) is 0 Å². The highest BCUT2D eigenvalue weighted by Crippen LogP contribution is 2.68. The zero-order valence-corrected chi connectivity index (χ0v) is 20.3. The van der Waals surface area contributed by atoms with Gasteiger partial charge in [0.25, 0.3) is 0 Å². The van der Waals surface area contributed by atoms with E-state index in [1.807, 2.05) is 12.1 Å². The van der Waals surface area contributed by atoms with Crippen LogP contribution < -0.4 is 10.6 Å². The third kappa shape index (κ3) is 3.77. The molecule has 2 bridgehead atoms. The second kappa shape index (κ2) is 7.85. The Hall–Kier alpha value is -3.30. The molecule has 0 spiro atoms. The third-order valence-corrected chi connectivity index (χ3v) is 8.29. The Kier molecular flexibility index (Phi) is 5.32. The Bertz CT molecular complexity index is 1190. The molecule has 3 fully saturated rings. The number of nitrogens with zero attached hydrogens (tertiary/aromatic N) is 2. The highest BCUT2D eigenvalue weighted by atomic mass is 19.4. The van der Waals surface area contributed by atoms with Crippen LogP contribution in [0.4, 0.5) is 23.7 Å². The quantitative estimate of drug-likeness (QED) is 0.535. The molecule has 2 amide bonds. The SMILES string of the molecule is CN(C(=O)C12CC(NC(=O)O)(C1)C2)[C@@H](c1ccc(NC2Cc3ccccc3C2(C)C)cn1)C(F)(F)F. The summed E-state index contributed by atoms with van der Waals surface area (Å²) in [5.74, 6) is -0.631. The van der Waals surface area contributed by atoms with Crippen molar-refractivity contribution in [2.45, 2.75) is 68.7 Å². The van der Waals surface area contributed by atoms with Gasteiger partial charge < -0.3 is 20.6 Å². The predicted molar refractivity (Wildman–Crippen MR) is 127 cm³/mol. The zero-order chi connectivity index (χ0) is 26.1. The molecule has 7 nitrogen and oxygen atoms in total. The average molecular weight is 503 g/mol. The molecule has 2 atom stereocenters. The molecule has 1 aromatic carbocycles. The van der Waals surface area contributed by atoms with E-state index in [4.69, 9.17) is 5.11 Å². The van der Waals surface area contributed by atoms with Crippen molar-refractivity contribution in [1.82, 2.24) is 15.2 Å². The number of rotatable bonds is 6. The number of pyridine rings is 1. The summed E-state index contributed by atoms with van der Waals surface area (Å²) in [5.41, 5.74) is 1.06. The first-order chi connectivity index (χ1) is 16.8. The summed E-state index contributed by atoms with van der Waals surface area (Å²) in [5, 5.41) is 14.7. The number of nitrogens with one attached hydrogen (secondary N) is 2. The molecule has 1 aromatic heterocycles. The lowest BCUT2D eigenvalue weighted by Gasteiger charge is -2.69. The van der Waals surface area contributed by atoms with Crippen molar-refractivity contribution >= 4 is 17.7 Å². The second-order valence-corrected chi connectivity index (χ2v) is 11.1. The van der Waals surface area contributed by atoms with E-state index in [9.17, 15) is 22.8 Å². The lowest BCUT2D eigenvalue weighted by atomic mass is 9.39. The number of benzene rings is 1. The largest absolute Gasteiger partial charge is 0.465 e. The number of alkyl halides is 3. The van der Waals surface area contributed by atoms with Gasteiger partial charge >= 0.3 is 12.3 Å². The Morgan fingerprint density at radius 2 is 1.81 bits per heavy atom. The lowest BCUT2D eigenvalue weighted by molar-refractivity contribution is -0.214. The molecular formula is C26H29F3N4O3. The van der Waals surface area contributed by atoms with Gasteiger partial charge in [-0.3, -0.25) is 9.78 Å². The molecule has 4 aliphatic carbocycles. The van der Waals surface area contributed by atoms with Gasteiger partial charge in [-0.25, -0.2) is 4.79 Å². The monoisotopic (exact) mass is 502 g/mol. The summed E-state index contributed by atoms with van der Waals surface area (Å²) >= 11 is 0. The predicted octanol–water partition coefficient (Wildman–Crippen LogP) is 4.65. The molecule has 1 heterocycles. The fourth-order valence-corrected chi connectivity index (χ4v) is 6.53. The highest BCUT2D eigenvalue weighted by molar-refractivity contribution is 5.88. The van der Waals surface area contributed by atoms with Crippen molar-refractivity contribution in [1.29, 1.82) is 0 Å². The molecule has 1 unspecified atom stereocenters. The van der Waals surface area contributed by atoms with E-state index in [1.54, 1.807) is 6.07 Å². The van der Waals surface area contributed by atoms with Gasteiger partial charge in [-0.2, -0.15) is 13.2 Å². The fraction of sp³-hybridized carbons (Fsp3) is 0.500. The normalized spacial score (nSPS) is 28.2. The Labute approximate surface area is 207 Å². The maximum atomic E-state index is 14.1. The number of hydrogen-bond acceptors (Lipinski definition) is 4. The molecule has 0 aliphatic heterocycles. The van der Waals surface area contributed by atoms with Crippen molar-refractivity contribution in [3.05, 3.63) is 59.4 Å². The van der Waals surface area contributed by atoms with Crippen LogP contribution in [0.25, 0.3) is 0 Å². The van der Waals surface area contributed by atoms with Crippen LogP contribution in [0, 0.1) is 5.41 Å². The van der Waals surface area contributed by atoms with Crippen molar-refractivity contribution in [3.8, 4) is 0 Å². The number of anilines is 1. The van der Waals surface area contributed by atoms with Gasteiger partial charge in [0.05, 0.1) is 23.0 Å². The van der Waals surface area contributed by atoms with Crippen LogP contribution in [0.5, 0.6) is 0 Å². The van der Waals surface area contributed by atoms with Crippen LogP contribution in [-0.2, 0) is 16.6 Å². The topological polar surface area (TPSA) is 94.6 Å². The van der Waals surface area contributed by atoms with Gasteiger partial charge in [0.15, 0.2) is 6.04 Å². The second-order valence-electron chi connectivity index (χ2n) is 11.1. The van der Waals surface area contributed by atoms with Gasteiger partial charge in [0, 0.05) is 24.0 Å². The summed E-state index contributed by atoms with van der Waals surface area (Å²) < 4.78 is 42.4. The summed E-state index contributed by atoms with van der Waals surface area (Å²) in [7, 11) is 1.14. The van der Waals surface area contributed by atoms with E-state index in [-0.39, 0.29) is 36.4 Å². The van der Waals surface area contributed by atoms with Crippen molar-refractivity contribution in [2.24, 2.45) is 5.41 Å². The standard InChI is InChI=1S/C26H29F3N4O3/c1-23(2)17-7-5-4-6-15(17)10-19(23)31-16-8-9-18(30-11-16)20(26(27,28)29)33(3)21(34)24-12-25(13-24,14-24)32-22(35)36/h4-9,11,19-20,31-32H,10,12-14H2,1-3H3,(H,35,36)/t19?,20-,24?,25?/m0/s1. The molecule has 192 valence electrons. The average Bonchev–Trinajstić information content (AvgIpc) is 2.99. The number of amides is 2.